The normalized spacial score (nSPS) is 12.7. The van der Waals surface area contributed by atoms with Gasteiger partial charge in [-0.05, 0) is 6.92 Å². The molecule has 1 N–H and O–H groups in total. The summed E-state index contributed by atoms with van der Waals surface area (Å²) in [6.07, 6.45) is 4.99. The molecule has 0 saturated carbocycles. The summed E-state index contributed by atoms with van der Waals surface area (Å²) in [7, 11) is 0. The Morgan fingerprint density at radius 2 is 2.00 bits per heavy atom. The molecule has 1 aromatic rings. The average molecular weight is 150 g/mol. The van der Waals surface area contributed by atoms with Crippen LogP contribution in [0.3, 0.4) is 0 Å². The van der Waals surface area contributed by atoms with Gasteiger partial charge < -0.3 is 5.11 Å². The molecule has 3 heteroatoms. The second-order valence-electron chi connectivity index (χ2n) is 2.31. The Balaban J connectivity index is 3.22. The molecule has 0 spiro atoms. The summed E-state index contributed by atoms with van der Waals surface area (Å²) in [4.78, 5) is 21.2. The molecule has 56 valence electrons. The molecule has 1 rings (SSSR count). The lowest BCUT2D eigenvalue weighted by Gasteiger charge is -2.06. The van der Waals surface area contributed by atoms with Crippen molar-refractivity contribution < 1.29 is 5.11 Å². The first-order valence-corrected chi connectivity index (χ1v) is 3.08. The molecule has 0 aromatic heterocycles. The molecule has 1 unspecified atom stereocenters. The summed E-state index contributed by atoms with van der Waals surface area (Å²) in [5.41, 5.74) is -1.42. The Hall–Kier alpha value is -1.56. The van der Waals surface area contributed by atoms with Gasteiger partial charge in [0.05, 0.1) is 5.56 Å². The minimum absolute atomic E-state index is 0.0671. The van der Waals surface area contributed by atoms with Crippen LogP contribution in [0.25, 0.3) is 0 Å². The minimum atomic E-state index is -0.831. The molecular weight excluding hydrogens is 144 g/mol. The Morgan fingerprint density at radius 3 is 2.36 bits per heavy atom. The summed E-state index contributed by atoms with van der Waals surface area (Å²) >= 11 is 0. The lowest BCUT2D eigenvalue weighted by Crippen LogP contribution is -2.35. The second-order valence-corrected chi connectivity index (χ2v) is 2.31. The zero-order valence-corrected chi connectivity index (χ0v) is 5.92. The van der Waals surface area contributed by atoms with Crippen molar-refractivity contribution in [2.24, 2.45) is 0 Å². The molecule has 1 aromatic carbocycles. The van der Waals surface area contributed by atoms with Gasteiger partial charge in [0, 0.05) is 5.92 Å². The van der Waals surface area contributed by atoms with Crippen LogP contribution in [-0.4, -0.2) is 5.11 Å². The number of hydrogen-bond acceptors (Lipinski definition) is 3. The fraction of sp³-hybridized carbons (Fsp3) is 0.250. The van der Waals surface area contributed by atoms with Crippen LogP contribution in [0, 0.1) is 12.3 Å². The van der Waals surface area contributed by atoms with E-state index in [0.29, 0.717) is 0 Å². The summed E-state index contributed by atoms with van der Waals surface area (Å²) in [6.45, 7) is 1.58. The molecule has 11 heavy (non-hydrogen) atoms. The Bertz CT molecular complexity index is 388. The predicted octanol–water partition coefficient (Wildman–Crippen LogP) is -0.275. The van der Waals surface area contributed by atoms with Crippen LogP contribution in [0.2, 0.25) is 0 Å². The van der Waals surface area contributed by atoms with Crippen molar-refractivity contribution in [3.05, 3.63) is 26.0 Å². The van der Waals surface area contributed by atoms with E-state index in [1.54, 1.807) is 6.92 Å². The molecule has 0 aliphatic heterocycles. The van der Waals surface area contributed by atoms with Crippen LogP contribution in [-0.2, 0) is 0 Å². The van der Waals surface area contributed by atoms with Crippen molar-refractivity contribution in [2.75, 3.05) is 0 Å². The van der Waals surface area contributed by atoms with Crippen molar-refractivity contribution in [1.82, 2.24) is 0 Å². The van der Waals surface area contributed by atoms with Crippen LogP contribution in [0.1, 0.15) is 18.4 Å². The van der Waals surface area contributed by atoms with Gasteiger partial charge in [-0.15, -0.1) is 6.42 Å². The van der Waals surface area contributed by atoms with E-state index in [0.717, 1.165) is 0 Å². The van der Waals surface area contributed by atoms with Gasteiger partial charge in [-0.3, -0.25) is 9.59 Å². The van der Waals surface area contributed by atoms with Crippen molar-refractivity contribution >= 4 is 0 Å². The maximum Gasteiger partial charge on any atom is 0.268 e. The third-order valence-electron chi connectivity index (χ3n) is 1.60. The topological polar surface area (TPSA) is 54.4 Å². The third-order valence-corrected chi connectivity index (χ3v) is 1.60. The predicted molar refractivity (Wildman–Crippen MR) is 40.3 cm³/mol. The van der Waals surface area contributed by atoms with Crippen LogP contribution >= 0.6 is 0 Å². The molecule has 3 nitrogen and oxygen atoms in total. The lowest BCUT2D eigenvalue weighted by atomic mass is 9.97. The fourth-order valence-electron chi connectivity index (χ4n) is 0.882. The highest BCUT2D eigenvalue weighted by molar-refractivity contribution is 5.43. The molecule has 0 fully saturated rings. The maximum absolute atomic E-state index is 10.7. The Labute approximate surface area is 63.0 Å². The molecule has 0 radical (unpaired) electrons. The van der Waals surface area contributed by atoms with E-state index in [1.807, 2.05) is 0 Å². The number of terminal acetylenes is 1. The van der Waals surface area contributed by atoms with Crippen LogP contribution in [0.4, 0.5) is 0 Å². The van der Waals surface area contributed by atoms with Gasteiger partial charge in [-0.2, -0.15) is 0 Å². The van der Waals surface area contributed by atoms with E-state index in [1.165, 1.54) is 0 Å². The largest absolute Gasteiger partial charge is 0.504 e. The highest BCUT2D eigenvalue weighted by Crippen LogP contribution is 2.18. The van der Waals surface area contributed by atoms with Gasteiger partial charge in [-0.1, -0.05) is 5.92 Å². The Morgan fingerprint density at radius 1 is 1.45 bits per heavy atom. The van der Waals surface area contributed by atoms with Crippen LogP contribution < -0.4 is 10.9 Å². The number of hydrogen-bond donors (Lipinski definition) is 1. The standard InChI is InChI=1S/C8H6O3/c1-3-4(2)5-6(9)8(11)7(5)10/h1,4,9H,2H3. The number of rotatable bonds is 1. The summed E-state index contributed by atoms with van der Waals surface area (Å²) in [5, 5.41) is 8.86. The zero-order chi connectivity index (χ0) is 8.59. The van der Waals surface area contributed by atoms with E-state index in [2.05, 4.69) is 5.92 Å². The highest BCUT2D eigenvalue weighted by atomic mass is 16.3. The molecule has 1 atom stereocenters. The first-order valence-electron chi connectivity index (χ1n) is 3.08. The smallest absolute Gasteiger partial charge is 0.268 e. The van der Waals surface area contributed by atoms with Crippen LogP contribution in [0.5, 0.6) is 5.75 Å². The van der Waals surface area contributed by atoms with Gasteiger partial charge in [0.25, 0.3) is 5.43 Å². The third kappa shape index (κ3) is 0.838. The van der Waals surface area contributed by atoms with Gasteiger partial charge in [0.1, 0.15) is 0 Å². The molecule has 0 saturated heterocycles. The molecule has 0 aliphatic carbocycles. The molecule has 0 heterocycles. The second kappa shape index (κ2) is 2.24. The summed E-state index contributed by atoms with van der Waals surface area (Å²) in [6, 6.07) is 0. The monoisotopic (exact) mass is 150 g/mol. The van der Waals surface area contributed by atoms with Gasteiger partial charge >= 0.3 is 0 Å². The van der Waals surface area contributed by atoms with Crippen LogP contribution in [0.15, 0.2) is 9.59 Å². The van der Waals surface area contributed by atoms with Gasteiger partial charge in [-0.25, -0.2) is 0 Å². The maximum atomic E-state index is 10.7. The van der Waals surface area contributed by atoms with Gasteiger partial charge in [0.2, 0.25) is 5.43 Å². The average Bonchev–Trinajstić information content (AvgIpc) is 2.04. The van der Waals surface area contributed by atoms with Crippen molar-refractivity contribution in [3.63, 3.8) is 0 Å². The number of aromatic hydroxyl groups is 1. The van der Waals surface area contributed by atoms with E-state index in [-0.39, 0.29) is 5.56 Å². The van der Waals surface area contributed by atoms with E-state index < -0.39 is 22.5 Å². The highest BCUT2D eigenvalue weighted by Gasteiger charge is 2.23. The summed E-state index contributed by atoms with van der Waals surface area (Å²) < 4.78 is 0. The summed E-state index contributed by atoms with van der Waals surface area (Å²) in [5.74, 6) is 1.31. The van der Waals surface area contributed by atoms with Gasteiger partial charge in [0.15, 0.2) is 5.75 Å². The van der Waals surface area contributed by atoms with Crippen molar-refractivity contribution in [2.45, 2.75) is 12.8 Å². The zero-order valence-electron chi connectivity index (χ0n) is 5.92. The van der Waals surface area contributed by atoms with Crippen molar-refractivity contribution in [3.8, 4) is 18.1 Å². The SMILES string of the molecule is C#CC(C)c1c(O)c(=O)c1=O. The van der Waals surface area contributed by atoms with E-state index >= 15 is 0 Å². The van der Waals surface area contributed by atoms with Crippen molar-refractivity contribution in [1.29, 1.82) is 0 Å². The molecule has 0 amide bonds. The minimum Gasteiger partial charge on any atom is -0.504 e. The molecule has 0 bridgehead atoms. The molecule has 0 aliphatic rings. The lowest BCUT2D eigenvalue weighted by molar-refractivity contribution is 0.452. The fourth-order valence-corrected chi connectivity index (χ4v) is 0.882. The first-order chi connectivity index (χ1) is 5.09. The first kappa shape index (κ1) is 7.55. The molecular formula is C8H6O3. The van der Waals surface area contributed by atoms with E-state index in [4.69, 9.17) is 11.5 Å². The van der Waals surface area contributed by atoms with E-state index in [9.17, 15) is 9.59 Å². The quantitative estimate of drug-likeness (QED) is 0.442. The Kier molecular flexibility index (Phi) is 1.54.